The largest absolute Gasteiger partial charge is 0.362 e. The van der Waals surface area contributed by atoms with Crippen molar-refractivity contribution in [2.24, 2.45) is 0 Å². The minimum Gasteiger partial charge on any atom is -0.362 e. The van der Waals surface area contributed by atoms with Crippen LogP contribution in [0.1, 0.15) is 10.5 Å². The molecule has 23 heavy (non-hydrogen) atoms. The number of anilines is 1. The monoisotopic (exact) mass is 331 g/mol. The van der Waals surface area contributed by atoms with Crippen molar-refractivity contribution in [2.75, 3.05) is 12.4 Å². The van der Waals surface area contributed by atoms with Gasteiger partial charge in [0.25, 0.3) is 5.91 Å². The van der Waals surface area contributed by atoms with E-state index in [0.717, 1.165) is 5.56 Å². The van der Waals surface area contributed by atoms with E-state index in [2.05, 4.69) is 20.6 Å². The highest BCUT2D eigenvalue weighted by Crippen LogP contribution is 2.20. The van der Waals surface area contributed by atoms with Crippen LogP contribution in [0.5, 0.6) is 0 Å². The molecule has 0 saturated carbocycles. The first-order chi connectivity index (χ1) is 11.2. The number of ether oxygens (including phenoxy) is 1. The van der Waals surface area contributed by atoms with E-state index in [-0.39, 0.29) is 5.91 Å². The summed E-state index contributed by atoms with van der Waals surface area (Å²) in [5.74, 6) is -0.297. The summed E-state index contributed by atoms with van der Waals surface area (Å²) in [6.45, 7) is 0.320. The normalized spacial score (nSPS) is 10.7. The molecule has 0 bridgehead atoms. The van der Waals surface area contributed by atoms with E-state index >= 15 is 0 Å². The summed E-state index contributed by atoms with van der Waals surface area (Å²) in [7, 11) is 1.57. The van der Waals surface area contributed by atoms with Gasteiger partial charge in [0.1, 0.15) is 12.4 Å². The van der Waals surface area contributed by atoms with Crippen molar-refractivity contribution in [1.82, 2.24) is 20.0 Å². The number of halogens is 1. The minimum atomic E-state index is -0.297. The third-order valence-electron chi connectivity index (χ3n) is 3.11. The number of amides is 1. The van der Waals surface area contributed by atoms with Gasteiger partial charge in [-0.05, 0) is 18.2 Å². The fraction of sp³-hybridized carbons (Fsp3) is 0.133. The van der Waals surface area contributed by atoms with Gasteiger partial charge in [-0.2, -0.15) is 10.2 Å². The van der Waals surface area contributed by atoms with Gasteiger partial charge < -0.3 is 10.1 Å². The number of benzene rings is 1. The van der Waals surface area contributed by atoms with E-state index in [0.29, 0.717) is 28.8 Å². The highest BCUT2D eigenvalue weighted by atomic mass is 35.5. The summed E-state index contributed by atoms with van der Waals surface area (Å²) in [5.41, 5.74) is 2.48. The van der Waals surface area contributed by atoms with Gasteiger partial charge in [0.2, 0.25) is 0 Å². The average Bonchev–Trinajstić information content (AvgIpc) is 3.18. The standard InChI is InChI=1S/C15H14ClN5O2/c1-23-9-21-8-12(7-17-21)18-15(22)14-6-13(19-20-14)10-2-4-11(16)5-3-10/h2-8H,9H2,1H3,(H,18,22)(H,19,20). The van der Waals surface area contributed by atoms with Gasteiger partial charge in [-0.25, -0.2) is 4.68 Å². The Labute approximate surface area is 137 Å². The van der Waals surface area contributed by atoms with Crippen molar-refractivity contribution < 1.29 is 9.53 Å². The third kappa shape index (κ3) is 3.58. The van der Waals surface area contributed by atoms with E-state index in [4.69, 9.17) is 16.3 Å². The third-order valence-corrected chi connectivity index (χ3v) is 3.37. The fourth-order valence-corrected chi connectivity index (χ4v) is 2.16. The lowest BCUT2D eigenvalue weighted by Gasteiger charge is -1.99. The Morgan fingerprint density at radius 2 is 2.17 bits per heavy atom. The van der Waals surface area contributed by atoms with Crippen LogP contribution in [0.15, 0.2) is 42.7 Å². The maximum atomic E-state index is 12.2. The molecule has 3 rings (SSSR count). The second-order valence-electron chi connectivity index (χ2n) is 4.81. The zero-order valence-corrected chi connectivity index (χ0v) is 13.0. The average molecular weight is 332 g/mol. The molecule has 2 heterocycles. The second kappa shape index (κ2) is 6.64. The lowest BCUT2D eigenvalue weighted by Crippen LogP contribution is -2.11. The van der Waals surface area contributed by atoms with Crippen LogP contribution in [-0.4, -0.2) is 33.0 Å². The number of methoxy groups -OCH3 is 1. The molecule has 0 radical (unpaired) electrons. The van der Waals surface area contributed by atoms with E-state index < -0.39 is 0 Å². The maximum Gasteiger partial charge on any atom is 0.273 e. The summed E-state index contributed by atoms with van der Waals surface area (Å²) in [5, 5.41) is 14.3. The molecular formula is C15H14ClN5O2. The Morgan fingerprint density at radius 3 is 2.91 bits per heavy atom. The molecular weight excluding hydrogens is 318 g/mol. The molecule has 7 nitrogen and oxygen atoms in total. The summed E-state index contributed by atoms with van der Waals surface area (Å²) in [6.07, 6.45) is 3.23. The second-order valence-corrected chi connectivity index (χ2v) is 5.25. The number of nitrogens with one attached hydrogen (secondary N) is 2. The van der Waals surface area contributed by atoms with Crippen molar-refractivity contribution in [3.8, 4) is 11.3 Å². The van der Waals surface area contributed by atoms with Crippen LogP contribution < -0.4 is 5.32 Å². The quantitative estimate of drug-likeness (QED) is 0.753. The lowest BCUT2D eigenvalue weighted by atomic mass is 10.1. The molecule has 0 aliphatic rings. The number of aromatic nitrogens is 4. The number of hydrogen-bond acceptors (Lipinski definition) is 4. The van der Waals surface area contributed by atoms with Crippen LogP contribution in [0.2, 0.25) is 5.02 Å². The molecule has 0 spiro atoms. The van der Waals surface area contributed by atoms with Crippen molar-refractivity contribution in [1.29, 1.82) is 0 Å². The van der Waals surface area contributed by atoms with Crippen molar-refractivity contribution in [3.63, 3.8) is 0 Å². The molecule has 0 fully saturated rings. The number of carbonyl (C=O) groups excluding carboxylic acids is 1. The maximum absolute atomic E-state index is 12.2. The Balaban J connectivity index is 1.71. The van der Waals surface area contributed by atoms with Crippen LogP contribution in [0.4, 0.5) is 5.69 Å². The molecule has 2 aromatic heterocycles. The number of aromatic amines is 1. The Bertz CT molecular complexity index is 809. The van der Waals surface area contributed by atoms with Crippen molar-refractivity contribution >= 4 is 23.2 Å². The molecule has 118 valence electrons. The van der Waals surface area contributed by atoms with E-state index in [1.165, 1.54) is 0 Å². The molecule has 8 heteroatoms. The molecule has 0 aliphatic heterocycles. The van der Waals surface area contributed by atoms with Gasteiger partial charge in [0.15, 0.2) is 0 Å². The Kier molecular flexibility index (Phi) is 4.40. The molecule has 0 atom stereocenters. The van der Waals surface area contributed by atoms with Crippen molar-refractivity contribution in [3.05, 3.63) is 53.4 Å². The first-order valence-corrected chi connectivity index (χ1v) is 7.17. The first-order valence-electron chi connectivity index (χ1n) is 6.80. The van der Waals surface area contributed by atoms with Crippen LogP contribution in [0.3, 0.4) is 0 Å². The zero-order chi connectivity index (χ0) is 16.2. The number of hydrogen-bond donors (Lipinski definition) is 2. The fourth-order valence-electron chi connectivity index (χ4n) is 2.04. The van der Waals surface area contributed by atoms with Gasteiger partial charge in [0.05, 0.1) is 23.8 Å². The first kappa shape index (κ1) is 15.3. The molecule has 3 aromatic rings. The summed E-state index contributed by atoms with van der Waals surface area (Å²) >= 11 is 5.86. The molecule has 1 aromatic carbocycles. The van der Waals surface area contributed by atoms with E-state index in [1.54, 1.807) is 42.4 Å². The van der Waals surface area contributed by atoms with Crippen LogP contribution in [-0.2, 0) is 11.5 Å². The summed E-state index contributed by atoms with van der Waals surface area (Å²) < 4.78 is 6.52. The number of carbonyl (C=O) groups is 1. The predicted molar refractivity (Wildman–Crippen MR) is 86.2 cm³/mol. The number of nitrogens with zero attached hydrogens (tertiary/aromatic N) is 3. The summed E-state index contributed by atoms with van der Waals surface area (Å²) in [6, 6.07) is 8.91. The highest BCUT2D eigenvalue weighted by Gasteiger charge is 2.12. The van der Waals surface area contributed by atoms with Crippen LogP contribution in [0.25, 0.3) is 11.3 Å². The predicted octanol–water partition coefficient (Wildman–Crippen LogP) is 2.78. The van der Waals surface area contributed by atoms with Gasteiger partial charge in [-0.15, -0.1) is 0 Å². The summed E-state index contributed by atoms with van der Waals surface area (Å²) in [4.78, 5) is 12.2. The van der Waals surface area contributed by atoms with Gasteiger partial charge in [-0.3, -0.25) is 9.89 Å². The minimum absolute atomic E-state index is 0.297. The van der Waals surface area contributed by atoms with E-state index in [1.807, 2.05) is 12.1 Å². The lowest BCUT2D eigenvalue weighted by molar-refractivity contribution is 0.102. The number of H-pyrrole nitrogens is 1. The van der Waals surface area contributed by atoms with E-state index in [9.17, 15) is 4.79 Å². The zero-order valence-electron chi connectivity index (χ0n) is 12.3. The highest BCUT2D eigenvalue weighted by molar-refractivity contribution is 6.30. The molecule has 0 saturated heterocycles. The molecule has 0 unspecified atom stereocenters. The molecule has 2 N–H and O–H groups in total. The van der Waals surface area contributed by atoms with Gasteiger partial charge >= 0.3 is 0 Å². The Morgan fingerprint density at radius 1 is 1.39 bits per heavy atom. The number of rotatable bonds is 5. The van der Waals surface area contributed by atoms with Crippen LogP contribution >= 0.6 is 11.6 Å². The molecule has 1 amide bonds. The topological polar surface area (TPSA) is 84.8 Å². The van der Waals surface area contributed by atoms with Gasteiger partial charge in [0, 0.05) is 17.7 Å². The SMILES string of the molecule is COCn1cc(NC(=O)c2cc(-c3ccc(Cl)cc3)n[nH]2)cn1. The van der Waals surface area contributed by atoms with Crippen molar-refractivity contribution in [2.45, 2.75) is 6.73 Å². The molecule has 0 aliphatic carbocycles. The smallest absolute Gasteiger partial charge is 0.273 e. The van der Waals surface area contributed by atoms with Crippen LogP contribution in [0, 0.1) is 0 Å². The van der Waals surface area contributed by atoms with Gasteiger partial charge in [-0.1, -0.05) is 23.7 Å². The Hall–Kier alpha value is -2.64.